The molecule has 0 spiro atoms. The number of furan rings is 1. The van der Waals surface area contributed by atoms with E-state index < -0.39 is 0 Å². The van der Waals surface area contributed by atoms with E-state index in [1.165, 1.54) is 6.26 Å². The lowest BCUT2D eigenvalue weighted by molar-refractivity contribution is 0.110. The summed E-state index contributed by atoms with van der Waals surface area (Å²) < 4.78 is 4.61. The van der Waals surface area contributed by atoms with Gasteiger partial charge in [-0.15, -0.1) is 0 Å². The van der Waals surface area contributed by atoms with Gasteiger partial charge in [0, 0.05) is 12.4 Å². The molecular formula is C26H22N2O2. The van der Waals surface area contributed by atoms with E-state index >= 15 is 0 Å². The van der Waals surface area contributed by atoms with Gasteiger partial charge in [0.05, 0.1) is 6.26 Å². The number of aliphatic imine (C=N–C) groups is 2. The second-order valence-electron chi connectivity index (χ2n) is 6.30. The van der Waals surface area contributed by atoms with E-state index in [4.69, 9.17) is 0 Å². The second-order valence-corrected chi connectivity index (χ2v) is 6.30. The smallest absolute Gasteiger partial charge is 0.185 e. The van der Waals surface area contributed by atoms with Crippen LogP contribution in [0.1, 0.15) is 33.4 Å². The number of aldehydes is 1. The number of nitrogens with zero attached hydrogens (tertiary/aromatic N) is 2. The van der Waals surface area contributed by atoms with Gasteiger partial charge in [-0.3, -0.25) is 14.8 Å². The molecule has 0 saturated heterocycles. The van der Waals surface area contributed by atoms with Gasteiger partial charge < -0.3 is 4.42 Å². The Hall–Kier alpha value is -4.05. The maximum Gasteiger partial charge on any atom is 0.185 e. The van der Waals surface area contributed by atoms with E-state index in [9.17, 15) is 4.79 Å². The molecule has 4 aromatic rings. The Balaban J connectivity index is 0.000000310. The highest BCUT2D eigenvalue weighted by atomic mass is 16.3. The largest absolute Gasteiger partial charge is 0.462 e. The van der Waals surface area contributed by atoms with Crippen LogP contribution in [0.15, 0.2) is 124 Å². The van der Waals surface area contributed by atoms with Crippen LogP contribution in [0.2, 0.25) is 0 Å². The summed E-state index contributed by atoms with van der Waals surface area (Å²) in [6.07, 6.45) is 5.64. The molecule has 0 N–H and O–H groups in total. The number of hydrogen-bond donors (Lipinski definition) is 0. The summed E-state index contributed by atoms with van der Waals surface area (Å²) in [4.78, 5) is 19.1. The van der Waals surface area contributed by atoms with Crippen molar-refractivity contribution >= 4 is 18.7 Å². The molecule has 1 heterocycles. The monoisotopic (exact) mass is 394 g/mol. The van der Waals surface area contributed by atoms with Crippen molar-refractivity contribution < 1.29 is 9.21 Å². The van der Waals surface area contributed by atoms with Gasteiger partial charge in [-0.05, 0) is 28.8 Å². The highest BCUT2D eigenvalue weighted by Gasteiger charge is 2.05. The third-order valence-corrected chi connectivity index (χ3v) is 4.09. The van der Waals surface area contributed by atoms with Crippen LogP contribution in [-0.2, 0) is 0 Å². The summed E-state index contributed by atoms with van der Waals surface area (Å²) in [6, 6.07) is 33.6. The average Bonchev–Trinajstić information content (AvgIpc) is 3.36. The molecule has 0 saturated carbocycles. The Labute approximate surface area is 176 Å². The Morgan fingerprint density at radius 3 is 1.53 bits per heavy atom. The molecule has 4 rings (SSSR count). The van der Waals surface area contributed by atoms with Crippen LogP contribution in [-0.4, -0.2) is 18.7 Å². The Morgan fingerprint density at radius 2 is 1.13 bits per heavy atom. The molecule has 0 amide bonds. The molecule has 3 aromatic carbocycles. The van der Waals surface area contributed by atoms with E-state index in [0.717, 1.165) is 16.7 Å². The first-order valence-corrected chi connectivity index (χ1v) is 9.55. The predicted octanol–water partition coefficient (Wildman–Crippen LogP) is 6.02. The van der Waals surface area contributed by atoms with Crippen LogP contribution in [0.5, 0.6) is 0 Å². The molecule has 0 bridgehead atoms. The topological polar surface area (TPSA) is 54.9 Å². The molecule has 0 atom stereocenters. The van der Waals surface area contributed by atoms with Crippen LogP contribution in [0.3, 0.4) is 0 Å². The number of carbonyl (C=O) groups excluding carboxylic acids is 1. The fraction of sp³-hybridized carbons (Fsp3) is 0.0385. The van der Waals surface area contributed by atoms with Crippen molar-refractivity contribution in [1.29, 1.82) is 0 Å². The van der Waals surface area contributed by atoms with E-state index in [-0.39, 0.29) is 6.17 Å². The van der Waals surface area contributed by atoms with E-state index in [0.29, 0.717) is 12.0 Å². The van der Waals surface area contributed by atoms with Gasteiger partial charge in [-0.1, -0.05) is 91.0 Å². The van der Waals surface area contributed by atoms with Crippen molar-refractivity contribution in [3.05, 3.63) is 132 Å². The Bertz CT molecular complexity index is 993. The molecule has 148 valence electrons. The van der Waals surface area contributed by atoms with Crippen LogP contribution in [0, 0.1) is 0 Å². The number of carbonyl (C=O) groups is 1. The number of hydrogen-bond acceptors (Lipinski definition) is 4. The standard InChI is InChI=1S/C21H18N2.C5H4O2/c1-4-10-18(11-5-1)16-22-21(20-14-8-3-9-15-20)23-17-19-12-6-2-7-13-19;6-4-5-2-1-3-7-5/h1-17,21H;1-4H. The zero-order valence-electron chi connectivity index (χ0n) is 16.4. The lowest BCUT2D eigenvalue weighted by Crippen LogP contribution is -1.94. The third kappa shape index (κ3) is 6.84. The Morgan fingerprint density at radius 1 is 0.633 bits per heavy atom. The maximum absolute atomic E-state index is 9.77. The average molecular weight is 394 g/mol. The fourth-order valence-corrected chi connectivity index (χ4v) is 2.59. The molecule has 0 fully saturated rings. The number of benzene rings is 3. The van der Waals surface area contributed by atoms with Crippen molar-refractivity contribution in [2.75, 3.05) is 0 Å². The first-order chi connectivity index (χ1) is 14.8. The summed E-state index contributed by atoms with van der Waals surface area (Å²) in [6.45, 7) is 0. The van der Waals surface area contributed by atoms with Gasteiger partial charge in [0.1, 0.15) is 0 Å². The zero-order valence-corrected chi connectivity index (χ0v) is 16.4. The lowest BCUT2D eigenvalue weighted by atomic mass is 10.1. The maximum atomic E-state index is 9.77. The van der Waals surface area contributed by atoms with Crippen molar-refractivity contribution in [1.82, 2.24) is 0 Å². The van der Waals surface area contributed by atoms with Gasteiger partial charge in [-0.2, -0.15) is 0 Å². The minimum absolute atomic E-state index is 0.239. The summed E-state index contributed by atoms with van der Waals surface area (Å²) >= 11 is 0. The van der Waals surface area contributed by atoms with E-state index in [1.807, 2.05) is 91.3 Å². The molecule has 0 aliphatic carbocycles. The van der Waals surface area contributed by atoms with Crippen LogP contribution in [0.4, 0.5) is 0 Å². The molecule has 0 radical (unpaired) electrons. The van der Waals surface area contributed by atoms with E-state index in [1.54, 1.807) is 12.1 Å². The first kappa shape index (κ1) is 20.7. The molecule has 4 heteroatoms. The zero-order chi connectivity index (χ0) is 20.9. The normalized spacial score (nSPS) is 11.7. The van der Waals surface area contributed by atoms with Crippen molar-refractivity contribution in [3.63, 3.8) is 0 Å². The molecule has 30 heavy (non-hydrogen) atoms. The summed E-state index contributed by atoms with van der Waals surface area (Å²) in [5.41, 5.74) is 3.22. The molecule has 0 unspecified atom stereocenters. The molecular weight excluding hydrogens is 372 g/mol. The predicted molar refractivity (Wildman–Crippen MR) is 121 cm³/mol. The van der Waals surface area contributed by atoms with Crippen LogP contribution < -0.4 is 0 Å². The van der Waals surface area contributed by atoms with Crippen molar-refractivity contribution in [3.8, 4) is 0 Å². The van der Waals surface area contributed by atoms with E-state index in [2.05, 4.69) is 26.5 Å². The van der Waals surface area contributed by atoms with Crippen LogP contribution >= 0.6 is 0 Å². The van der Waals surface area contributed by atoms with Gasteiger partial charge in [0.25, 0.3) is 0 Å². The van der Waals surface area contributed by atoms with Gasteiger partial charge in [-0.25, -0.2) is 0 Å². The van der Waals surface area contributed by atoms with Gasteiger partial charge in [0.2, 0.25) is 0 Å². The number of rotatable bonds is 6. The highest BCUT2D eigenvalue weighted by molar-refractivity contribution is 5.81. The van der Waals surface area contributed by atoms with Crippen molar-refractivity contribution in [2.24, 2.45) is 9.98 Å². The minimum Gasteiger partial charge on any atom is -0.462 e. The highest BCUT2D eigenvalue weighted by Crippen LogP contribution is 2.18. The molecule has 0 aliphatic rings. The summed E-state index contributed by atoms with van der Waals surface area (Å²) in [5, 5.41) is 0. The molecule has 1 aromatic heterocycles. The quantitative estimate of drug-likeness (QED) is 0.297. The van der Waals surface area contributed by atoms with Gasteiger partial charge in [0.15, 0.2) is 18.2 Å². The summed E-state index contributed by atoms with van der Waals surface area (Å²) in [5.74, 6) is 0.375. The SMILES string of the molecule is C(=NC(N=Cc1ccccc1)c1ccccc1)c1ccccc1.O=Cc1ccco1. The molecule has 4 nitrogen and oxygen atoms in total. The molecule has 0 aliphatic heterocycles. The first-order valence-electron chi connectivity index (χ1n) is 9.55. The fourth-order valence-electron chi connectivity index (χ4n) is 2.59. The lowest BCUT2D eigenvalue weighted by Gasteiger charge is -2.07. The minimum atomic E-state index is -0.239. The second kappa shape index (κ2) is 11.7. The van der Waals surface area contributed by atoms with Crippen LogP contribution in [0.25, 0.3) is 0 Å². The Kier molecular flexibility index (Phi) is 8.08. The summed E-state index contributed by atoms with van der Waals surface area (Å²) in [7, 11) is 0. The van der Waals surface area contributed by atoms with Crippen molar-refractivity contribution in [2.45, 2.75) is 6.17 Å². The van der Waals surface area contributed by atoms with Gasteiger partial charge >= 0.3 is 0 Å². The third-order valence-electron chi connectivity index (χ3n) is 4.09.